The monoisotopic (exact) mass is 127 g/mol. The van der Waals surface area contributed by atoms with E-state index in [1.807, 2.05) is 0 Å². The van der Waals surface area contributed by atoms with Crippen molar-refractivity contribution in [2.75, 3.05) is 6.54 Å². The molecular weight excluding hydrogens is 110 g/mol. The fraction of sp³-hybridized carbons (Fsp3) is 1.00. The maximum Gasteiger partial charge on any atom is 0.0125 e. The van der Waals surface area contributed by atoms with E-state index in [2.05, 4.69) is 26.1 Å². The molecule has 1 fully saturated rings. The second-order valence-electron chi connectivity index (χ2n) is 3.91. The van der Waals surface area contributed by atoms with Gasteiger partial charge in [0.05, 0.1) is 0 Å². The van der Waals surface area contributed by atoms with Crippen LogP contribution < -0.4 is 5.32 Å². The highest BCUT2D eigenvalue weighted by Crippen LogP contribution is 2.20. The molecule has 1 rings (SSSR count). The minimum atomic E-state index is 0.409. The predicted octanol–water partition coefficient (Wildman–Crippen LogP) is 1.78. The zero-order valence-corrected chi connectivity index (χ0v) is 6.70. The Kier molecular flexibility index (Phi) is 1.80. The van der Waals surface area contributed by atoms with Crippen molar-refractivity contribution in [1.29, 1.82) is 0 Å². The van der Waals surface area contributed by atoms with Crippen molar-refractivity contribution in [3.05, 3.63) is 0 Å². The lowest BCUT2D eigenvalue weighted by Crippen LogP contribution is -2.45. The van der Waals surface area contributed by atoms with E-state index in [0.717, 1.165) is 5.92 Å². The molecule has 9 heavy (non-hydrogen) atoms. The summed E-state index contributed by atoms with van der Waals surface area (Å²) in [4.78, 5) is 0. The first-order valence-corrected chi connectivity index (χ1v) is 3.85. The third kappa shape index (κ3) is 1.98. The van der Waals surface area contributed by atoms with Crippen LogP contribution in [0.4, 0.5) is 0 Å². The molecule has 1 heterocycles. The van der Waals surface area contributed by atoms with Crippen LogP contribution in [0.1, 0.15) is 33.6 Å². The van der Waals surface area contributed by atoms with Crippen molar-refractivity contribution in [3.8, 4) is 0 Å². The van der Waals surface area contributed by atoms with E-state index in [-0.39, 0.29) is 0 Å². The van der Waals surface area contributed by atoms with Gasteiger partial charge in [-0.15, -0.1) is 0 Å². The van der Waals surface area contributed by atoms with Gasteiger partial charge in [0.25, 0.3) is 0 Å². The molecule has 0 aliphatic carbocycles. The Morgan fingerprint density at radius 3 is 2.44 bits per heavy atom. The van der Waals surface area contributed by atoms with Gasteiger partial charge >= 0.3 is 0 Å². The Balaban J connectivity index is 2.35. The fourth-order valence-electron chi connectivity index (χ4n) is 1.25. The molecule has 1 saturated heterocycles. The van der Waals surface area contributed by atoms with Gasteiger partial charge in [-0.25, -0.2) is 0 Å². The third-order valence-corrected chi connectivity index (χ3v) is 2.19. The van der Waals surface area contributed by atoms with Crippen molar-refractivity contribution in [1.82, 2.24) is 5.32 Å². The van der Waals surface area contributed by atoms with Gasteiger partial charge in [-0.2, -0.15) is 0 Å². The van der Waals surface area contributed by atoms with Crippen LogP contribution in [0.15, 0.2) is 0 Å². The molecule has 54 valence electrons. The Labute approximate surface area is 57.8 Å². The molecule has 1 unspecified atom stereocenters. The molecule has 1 heteroatoms. The van der Waals surface area contributed by atoms with E-state index in [0.29, 0.717) is 5.54 Å². The summed E-state index contributed by atoms with van der Waals surface area (Å²) in [6.45, 7) is 8.06. The van der Waals surface area contributed by atoms with Crippen molar-refractivity contribution in [3.63, 3.8) is 0 Å². The summed E-state index contributed by atoms with van der Waals surface area (Å²) in [7, 11) is 0. The summed E-state index contributed by atoms with van der Waals surface area (Å²) in [5.74, 6) is 0.887. The fourth-order valence-corrected chi connectivity index (χ4v) is 1.25. The minimum Gasteiger partial charge on any atom is -0.312 e. The maximum absolute atomic E-state index is 3.51. The highest BCUT2D eigenvalue weighted by atomic mass is 15.0. The standard InChI is InChI=1S/C8H17N/c1-7-4-5-8(2,3)9-6-7/h7,9H,4-6H2,1-3H3. The topological polar surface area (TPSA) is 12.0 Å². The number of piperidine rings is 1. The molecule has 0 bridgehead atoms. The first kappa shape index (κ1) is 7.07. The third-order valence-electron chi connectivity index (χ3n) is 2.19. The first-order valence-electron chi connectivity index (χ1n) is 3.85. The zero-order chi connectivity index (χ0) is 6.91. The van der Waals surface area contributed by atoms with E-state index < -0.39 is 0 Å². The van der Waals surface area contributed by atoms with Gasteiger partial charge in [0.1, 0.15) is 0 Å². The van der Waals surface area contributed by atoms with Gasteiger partial charge in [0.15, 0.2) is 0 Å². The molecule has 0 spiro atoms. The molecule has 1 N–H and O–H groups in total. The van der Waals surface area contributed by atoms with Crippen LogP contribution in [0.25, 0.3) is 0 Å². The molecule has 0 radical (unpaired) electrons. The molecule has 0 aromatic carbocycles. The van der Waals surface area contributed by atoms with Crippen molar-refractivity contribution in [2.45, 2.75) is 39.2 Å². The van der Waals surface area contributed by atoms with Gasteiger partial charge in [0, 0.05) is 5.54 Å². The summed E-state index contributed by atoms with van der Waals surface area (Å²) in [6, 6.07) is 0. The second kappa shape index (κ2) is 2.30. The average Bonchev–Trinajstić information content (AvgIpc) is 1.78. The Bertz CT molecular complexity index is 86.7. The summed E-state index contributed by atoms with van der Waals surface area (Å²) < 4.78 is 0. The van der Waals surface area contributed by atoms with Crippen LogP contribution in [0.5, 0.6) is 0 Å². The van der Waals surface area contributed by atoms with Crippen LogP contribution in [-0.4, -0.2) is 12.1 Å². The van der Waals surface area contributed by atoms with Gasteiger partial charge in [-0.1, -0.05) is 6.92 Å². The average molecular weight is 127 g/mol. The van der Waals surface area contributed by atoms with E-state index in [1.165, 1.54) is 19.4 Å². The SMILES string of the molecule is CC1CCC(C)(C)NC1. The van der Waals surface area contributed by atoms with Gasteiger partial charge in [0.2, 0.25) is 0 Å². The van der Waals surface area contributed by atoms with Gasteiger partial charge < -0.3 is 5.32 Å². The van der Waals surface area contributed by atoms with Crippen molar-refractivity contribution >= 4 is 0 Å². The highest BCUT2D eigenvalue weighted by molar-refractivity contribution is 4.83. The highest BCUT2D eigenvalue weighted by Gasteiger charge is 2.22. The molecule has 1 aliphatic heterocycles. The van der Waals surface area contributed by atoms with E-state index in [4.69, 9.17) is 0 Å². The van der Waals surface area contributed by atoms with E-state index >= 15 is 0 Å². The predicted molar refractivity (Wildman–Crippen MR) is 40.5 cm³/mol. The number of rotatable bonds is 0. The molecule has 1 atom stereocenters. The molecule has 0 aromatic heterocycles. The van der Waals surface area contributed by atoms with Crippen LogP contribution >= 0.6 is 0 Å². The zero-order valence-electron chi connectivity index (χ0n) is 6.70. The van der Waals surface area contributed by atoms with Crippen LogP contribution in [0.3, 0.4) is 0 Å². The molecule has 1 aliphatic rings. The number of hydrogen-bond donors (Lipinski definition) is 1. The maximum atomic E-state index is 3.51. The van der Waals surface area contributed by atoms with Crippen LogP contribution in [0, 0.1) is 5.92 Å². The Hall–Kier alpha value is -0.0400. The lowest BCUT2D eigenvalue weighted by Gasteiger charge is -2.34. The van der Waals surface area contributed by atoms with Gasteiger partial charge in [-0.3, -0.25) is 0 Å². The molecule has 0 aromatic rings. The quantitative estimate of drug-likeness (QED) is 0.523. The van der Waals surface area contributed by atoms with Crippen LogP contribution in [-0.2, 0) is 0 Å². The van der Waals surface area contributed by atoms with E-state index in [1.54, 1.807) is 0 Å². The second-order valence-corrected chi connectivity index (χ2v) is 3.91. The smallest absolute Gasteiger partial charge is 0.0125 e. The van der Waals surface area contributed by atoms with Crippen molar-refractivity contribution in [2.24, 2.45) is 5.92 Å². The number of nitrogens with one attached hydrogen (secondary N) is 1. The Morgan fingerprint density at radius 1 is 1.44 bits per heavy atom. The van der Waals surface area contributed by atoms with Gasteiger partial charge in [-0.05, 0) is 39.2 Å². The van der Waals surface area contributed by atoms with E-state index in [9.17, 15) is 0 Å². The Morgan fingerprint density at radius 2 is 2.11 bits per heavy atom. The summed E-state index contributed by atoms with van der Waals surface area (Å²) in [5.41, 5.74) is 0.409. The molecule has 0 saturated carbocycles. The summed E-state index contributed by atoms with van der Waals surface area (Å²) >= 11 is 0. The minimum absolute atomic E-state index is 0.409. The molecular formula is C8H17N. The largest absolute Gasteiger partial charge is 0.312 e. The lowest BCUT2D eigenvalue weighted by atomic mass is 9.88. The molecule has 0 amide bonds. The first-order chi connectivity index (χ1) is 4.10. The number of hydrogen-bond acceptors (Lipinski definition) is 1. The summed E-state index contributed by atoms with van der Waals surface area (Å²) in [5, 5.41) is 3.51. The lowest BCUT2D eigenvalue weighted by molar-refractivity contribution is 0.253. The summed E-state index contributed by atoms with van der Waals surface area (Å²) in [6.07, 6.45) is 2.72. The normalized spacial score (nSPS) is 34.3. The van der Waals surface area contributed by atoms with Crippen molar-refractivity contribution < 1.29 is 0 Å². The van der Waals surface area contributed by atoms with Crippen LogP contribution in [0.2, 0.25) is 0 Å². The molecule has 1 nitrogen and oxygen atoms in total.